The lowest BCUT2D eigenvalue weighted by molar-refractivity contribution is -0.0861. The Labute approximate surface area is 67.4 Å². The molecule has 2 rings (SSSR count). The van der Waals surface area contributed by atoms with Gasteiger partial charge in [0, 0.05) is 0 Å². The number of rotatable bonds is 0. The van der Waals surface area contributed by atoms with Crippen LogP contribution in [0.5, 0.6) is 0 Å². The van der Waals surface area contributed by atoms with E-state index in [9.17, 15) is 5.11 Å². The van der Waals surface area contributed by atoms with Crippen LogP contribution in [0.15, 0.2) is 0 Å². The lowest BCUT2D eigenvalue weighted by Crippen LogP contribution is -2.36. The molecule has 2 aliphatic heterocycles. The molecule has 0 spiro atoms. The second-order valence-corrected chi connectivity index (χ2v) is 4.21. The summed E-state index contributed by atoms with van der Waals surface area (Å²) in [6.07, 6.45) is 0.182. The Morgan fingerprint density at radius 1 is 1.50 bits per heavy atom. The monoisotopic (exact) mass is 208 g/mol. The van der Waals surface area contributed by atoms with Crippen molar-refractivity contribution < 1.29 is 14.6 Å². The minimum Gasteiger partial charge on any atom is -0.389 e. The first-order valence-electron chi connectivity index (χ1n) is 3.34. The van der Waals surface area contributed by atoms with Gasteiger partial charge in [0.1, 0.15) is 4.32 Å². The van der Waals surface area contributed by atoms with Gasteiger partial charge in [-0.1, -0.05) is 15.9 Å². The topological polar surface area (TPSA) is 38.7 Å². The molecule has 2 saturated heterocycles. The van der Waals surface area contributed by atoms with Crippen LogP contribution < -0.4 is 0 Å². The SMILES string of the molecule is O[C@H]1COC2OCCC21Br. The number of hydrogen-bond acceptors (Lipinski definition) is 3. The maximum Gasteiger partial charge on any atom is 0.175 e. The fourth-order valence-corrected chi connectivity index (χ4v) is 1.96. The highest BCUT2D eigenvalue weighted by Crippen LogP contribution is 2.42. The molecule has 2 aliphatic rings. The van der Waals surface area contributed by atoms with Crippen LogP contribution >= 0.6 is 15.9 Å². The minimum absolute atomic E-state index is 0.234. The van der Waals surface area contributed by atoms with Gasteiger partial charge < -0.3 is 14.6 Å². The molecule has 2 unspecified atom stereocenters. The molecule has 4 heteroatoms. The van der Waals surface area contributed by atoms with Gasteiger partial charge in [-0.3, -0.25) is 0 Å². The maximum atomic E-state index is 9.41. The summed E-state index contributed by atoms with van der Waals surface area (Å²) in [6, 6.07) is 0. The van der Waals surface area contributed by atoms with Crippen molar-refractivity contribution >= 4 is 15.9 Å². The third kappa shape index (κ3) is 0.763. The number of aliphatic hydroxyl groups excluding tert-OH is 1. The molecule has 0 aromatic carbocycles. The van der Waals surface area contributed by atoms with Crippen LogP contribution in [0.25, 0.3) is 0 Å². The van der Waals surface area contributed by atoms with E-state index in [2.05, 4.69) is 15.9 Å². The largest absolute Gasteiger partial charge is 0.389 e. The molecule has 0 radical (unpaired) electrons. The molecular weight excluding hydrogens is 200 g/mol. The first-order chi connectivity index (χ1) is 4.73. The van der Waals surface area contributed by atoms with E-state index in [-0.39, 0.29) is 10.6 Å². The van der Waals surface area contributed by atoms with Crippen molar-refractivity contribution in [3.05, 3.63) is 0 Å². The molecule has 3 nitrogen and oxygen atoms in total. The van der Waals surface area contributed by atoms with Gasteiger partial charge in [0.15, 0.2) is 6.29 Å². The highest BCUT2D eigenvalue weighted by atomic mass is 79.9. The highest BCUT2D eigenvalue weighted by molar-refractivity contribution is 9.10. The third-order valence-corrected chi connectivity index (χ3v) is 3.40. The Bertz CT molecular complexity index is 152. The molecule has 0 amide bonds. The van der Waals surface area contributed by atoms with Crippen LogP contribution in [0.2, 0.25) is 0 Å². The predicted molar refractivity (Wildman–Crippen MR) is 38.0 cm³/mol. The fourth-order valence-electron chi connectivity index (χ4n) is 1.41. The van der Waals surface area contributed by atoms with Gasteiger partial charge in [-0.25, -0.2) is 0 Å². The molecule has 2 fully saturated rings. The first-order valence-corrected chi connectivity index (χ1v) is 4.13. The van der Waals surface area contributed by atoms with E-state index >= 15 is 0 Å². The Kier molecular flexibility index (Phi) is 1.53. The molecule has 0 saturated carbocycles. The van der Waals surface area contributed by atoms with E-state index < -0.39 is 6.10 Å². The second-order valence-electron chi connectivity index (χ2n) is 2.73. The van der Waals surface area contributed by atoms with E-state index in [1.54, 1.807) is 0 Å². The van der Waals surface area contributed by atoms with Crippen LogP contribution in [0.3, 0.4) is 0 Å². The second kappa shape index (κ2) is 2.17. The summed E-state index contributed by atoms with van der Waals surface area (Å²) in [5.41, 5.74) is 0. The summed E-state index contributed by atoms with van der Waals surface area (Å²) in [5.74, 6) is 0. The van der Waals surface area contributed by atoms with E-state index in [0.29, 0.717) is 13.2 Å². The standard InChI is InChI=1S/C6H9BrO3/c7-6-1-2-9-5(6)10-3-4(6)8/h4-5,8H,1-3H2/t4-,5?,6?/m0/s1. The molecule has 0 aromatic rings. The molecule has 0 aromatic heterocycles. The Balaban J connectivity index is 2.21. The zero-order chi connectivity index (χ0) is 7.19. The molecule has 10 heavy (non-hydrogen) atoms. The Morgan fingerprint density at radius 3 is 3.00 bits per heavy atom. The Morgan fingerprint density at radius 2 is 2.30 bits per heavy atom. The summed E-state index contributed by atoms with van der Waals surface area (Å²) in [6.45, 7) is 1.06. The maximum absolute atomic E-state index is 9.41. The first kappa shape index (κ1) is 7.03. The zero-order valence-corrected chi connectivity index (χ0v) is 7.00. The van der Waals surface area contributed by atoms with Crippen LogP contribution in [-0.4, -0.2) is 35.0 Å². The van der Waals surface area contributed by atoms with Crippen LogP contribution in [0, 0.1) is 0 Å². The van der Waals surface area contributed by atoms with Gasteiger partial charge in [-0.2, -0.15) is 0 Å². The summed E-state index contributed by atoms with van der Waals surface area (Å²) in [5, 5.41) is 9.41. The summed E-state index contributed by atoms with van der Waals surface area (Å²) < 4.78 is 10.1. The minimum atomic E-state index is -0.417. The normalized spacial score (nSPS) is 53.4. The lowest BCUT2D eigenvalue weighted by Gasteiger charge is -2.20. The third-order valence-electron chi connectivity index (χ3n) is 2.11. The molecule has 2 heterocycles. The van der Waals surface area contributed by atoms with Crippen molar-refractivity contribution in [2.45, 2.75) is 23.1 Å². The van der Waals surface area contributed by atoms with Crippen molar-refractivity contribution in [2.75, 3.05) is 13.2 Å². The van der Waals surface area contributed by atoms with Crippen molar-refractivity contribution in [2.24, 2.45) is 0 Å². The van der Waals surface area contributed by atoms with Gasteiger partial charge >= 0.3 is 0 Å². The zero-order valence-electron chi connectivity index (χ0n) is 5.42. The average molecular weight is 209 g/mol. The molecule has 0 aliphatic carbocycles. The Hall–Kier alpha value is 0.360. The van der Waals surface area contributed by atoms with Gasteiger partial charge in [-0.15, -0.1) is 0 Å². The lowest BCUT2D eigenvalue weighted by atomic mass is 10.0. The van der Waals surface area contributed by atoms with E-state index in [1.165, 1.54) is 0 Å². The van der Waals surface area contributed by atoms with Crippen molar-refractivity contribution in [3.8, 4) is 0 Å². The van der Waals surface area contributed by atoms with Crippen LogP contribution in [-0.2, 0) is 9.47 Å². The smallest absolute Gasteiger partial charge is 0.175 e. The number of ether oxygens (including phenoxy) is 2. The number of fused-ring (bicyclic) bond motifs is 1. The molecule has 3 atom stereocenters. The number of hydrogen-bond donors (Lipinski definition) is 1. The molecule has 0 bridgehead atoms. The summed E-state index contributed by atoms with van der Waals surface area (Å²) in [7, 11) is 0. The van der Waals surface area contributed by atoms with Gasteiger partial charge in [-0.05, 0) is 6.42 Å². The van der Waals surface area contributed by atoms with Crippen molar-refractivity contribution in [1.29, 1.82) is 0 Å². The average Bonchev–Trinajstić information content (AvgIpc) is 2.36. The number of halogens is 1. The highest BCUT2D eigenvalue weighted by Gasteiger charge is 2.53. The number of alkyl halides is 1. The van der Waals surface area contributed by atoms with Gasteiger partial charge in [0.25, 0.3) is 0 Å². The summed E-state index contributed by atoms with van der Waals surface area (Å²) >= 11 is 3.44. The van der Waals surface area contributed by atoms with Gasteiger partial charge in [0.2, 0.25) is 0 Å². The summed E-state index contributed by atoms with van der Waals surface area (Å²) in [4.78, 5) is 0. The molecule has 1 N–H and O–H groups in total. The van der Waals surface area contributed by atoms with E-state index in [0.717, 1.165) is 6.42 Å². The molecule has 58 valence electrons. The molecular formula is C6H9BrO3. The quantitative estimate of drug-likeness (QED) is 0.581. The fraction of sp³-hybridized carbons (Fsp3) is 1.00. The van der Waals surface area contributed by atoms with Crippen molar-refractivity contribution in [1.82, 2.24) is 0 Å². The van der Waals surface area contributed by atoms with Crippen molar-refractivity contribution in [3.63, 3.8) is 0 Å². The van der Waals surface area contributed by atoms with E-state index in [4.69, 9.17) is 9.47 Å². The predicted octanol–water partition coefficient (Wildman–Crippen LogP) is 0.258. The number of aliphatic hydroxyl groups is 1. The van der Waals surface area contributed by atoms with Crippen LogP contribution in [0.4, 0.5) is 0 Å². The van der Waals surface area contributed by atoms with E-state index in [1.807, 2.05) is 0 Å². The van der Waals surface area contributed by atoms with Crippen LogP contribution in [0.1, 0.15) is 6.42 Å². The van der Waals surface area contributed by atoms with Gasteiger partial charge in [0.05, 0.1) is 19.3 Å².